The minimum atomic E-state index is 0.569. The molecule has 0 fully saturated rings. The Balaban J connectivity index is 2.76. The van der Waals surface area contributed by atoms with Crippen LogP contribution in [0.15, 0.2) is 6.20 Å². The number of rotatable bonds is 1. The largest absolute Gasteiger partial charge is 0.480 e. The monoisotopic (exact) mass is 97.0 g/mol. The van der Waals surface area contributed by atoms with Crippen molar-refractivity contribution in [1.29, 1.82) is 0 Å². The Hall–Kier alpha value is -0.990. The normalized spacial score (nSPS) is 8.71. The molecule has 1 aromatic heterocycles. The van der Waals surface area contributed by atoms with Crippen molar-refractivity contribution in [1.82, 2.24) is 9.97 Å². The highest BCUT2D eigenvalue weighted by molar-refractivity contribution is 4.99. The highest BCUT2D eigenvalue weighted by Gasteiger charge is 1.84. The number of aromatic nitrogens is 2. The summed E-state index contributed by atoms with van der Waals surface area (Å²) < 4.78 is 4.68. The van der Waals surface area contributed by atoms with Crippen molar-refractivity contribution < 1.29 is 4.74 Å². The second kappa shape index (κ2) is 1.64. The minimum Gasteiger partial charge on any atom is -0.480 e. The highest BCUT2D eigenvalue weighted by atomic mass is 16.5. The van der Waals surface area contributed by atoms with Gasteiger partial charge in [-0.15, -0.1) is 0 Å². The first-order valence-corrected chi connectivity index (χ1v) is 1.89. The van der Waals surface area contributed by atoms with Crippen LogP contribution in [0.2, 0.25) is 0 Å². The summed E-state index contributed by atoms with van der Waals surface area (Å²) >= 11 is 0. The summed E-state index contributed by atoms with van der Waals surface area (Å²) in [4.78, 5) is 6.25. The van der Waals surface area contributed by atoms with Crippen LogP contribution in [-0.2, 0) is 0 Å². The fourth-order valence-corrected chi connectivity index (χ4v) is 0.318. The first-order chi connectivity index (χ1) is 3.43. The van der Waals surface area contributed by atoms with Gasteiger partial charge >= 0.3 is 0 Å². The van der Waals surface area contributed by atoms with Gasteiger partial charge in [-0.05, 0) is 0 Å². The van der Waals surface area contributed by atoms with Gasteiger partial charge in [-0.2, -0.15) is 4.98 Å². The SMILES string of the molecule is COc1c[nH][c]n1. The van der Waals surface area contributed by atoms with Crippen LogP contribution in [0.25, 0.3) is 0 Å². The lowest BCUT2D eigenvalue weighted by Crippen LogP contribution is -1.78. The fraction of sp³-hybridized carbons (Fsp3) is 0.250. The number of nitrogens with one attached hydrogen (secondary N) is 1. The number of H-pyrrole nitrogens is 1. The van der Waals surface area contributed by atoms with Gasteiger partial charge < -0.3 is 9.72 Å². The van der Waals surface area contributed by atoms with E-state index in [2.05, 4.69) is 21.0 Å². The zero-order valence-corrected chi connectivity index (χ0v) is 3.93. The van der Waals surface area contributed by atoms with E-state index in [-0.39, 0.29) is 0 Å². The lowest BCUT2D eigenvalue weighted by Gasteiger charge is -1.84. The van der Waals surface area contributed by atoms with E-state index in [1.165, 1.54) is 0 Å². The number of aromatic amines is 1. The minimum absolute atomic E-state index is 0.569. The second-order valence-electron chi connectivity index (χ2n) is 1.05. The van der Waals surface area contributed by atoms with Gasteiger partial charge in [0.05, 0.1) is 13.3 Å². The van der Waals surface area contributed by atoms with Crippen molar-refractivity contribution in [3.63, 3.8) is 0 Å². The van der Waals surface area contributed by atoms with Gasteiger partial charge in [-0.3, -0.25) is 0 Å². The molecule has 7 heavy (non-hydrogen) atoms. The van der Waals surface area contributed by atoms with Gasteiger partial charge in [0.1, 0.15) is 0 Å². The van der Waals surface area contributed by atoms with Crippen molar-refractivity contribution in [3.05, 3.63) is 12.5 Å². The van der Waals surface area contributed by atoms with Gasteiger partial charge in [-0.25, -0.2) is 0 Å². The van der Waals surface area contributed by atoms with Gasteiger partial charge in [0, 0.05) is 0 Å². The first kappa shape index (κ1) is 4.18. The number of ether oxygens (including phenoxy) is 1. The Morgan fingerprint density at radius 3 is 3.14 bits per heavy atom. The molecule has 3 heteroatoms. The summed E-state index contributed by atoms with van der Waals surface area (Å²) in [5.74, 6) is 0.569. The Morgan fingerprint density at radius 1 is 2.00 bits per heavy atom. The van der Waals surface area contributed by atoms with Crippen LogP contribution in [0.4, 0.5) is 0 Å². The summed E-state index contributed by atoms with van der Waals surface area (Å²) in [6, 6.07) is 0. The van der Waals surface area contributed by atoms with E-state index >= 15 is 0 Å². The average Bonchev–Trinajstić information content (AvgIpc) is 2.14. The fourth-order valence-electron chi connectivity index (χ4n) is 0.318. The number of methoxy groups -OCH3 is 1. The summed E-state index contributed by atoms with van der Waals surface area (Å²) in [5, 5.41) is 0. The van der Waals surface area contributed by atoms with Gasteiger partial charge in [0.15, 0.2) is 6.33 Å². The molecule has 0 aliphatic heterocycles. The summed E-state index contributed by atoms with van der Waals surface area (Å²) in [5.41, 5.74) is 0. The first-order valence-electron chi connectivity index (χ1n) is 1.89. The zero-order chi connectivity index (χ0) is 5.11. The zero-order valence-electron chi connectivity index (χ0n) is 3.93. The summed E-state index contributed by atoms with van der Waals surface area (Å²) in [6.07, 6.45) is 4.11. The molecule has 0 aromatic carbocycles. The molecule has 37 valence electrons. The quantitative estimate of drug-likeness (QED) is 0.544. The van der Waals surface area contributed by atoms with E-state index in [0.717, 1.165) is 0 Å². The number of hydrogen-bond donors (Lipinski definition) is 1. The molecule has 3 nitrogen and oxygen atoms in total. The Morgan fingerprint density at radius 2 is 2.86 bits per heavy atom. The molecule has 0 atom stereocenters. The summed E-state index contributed by atoms with van der Waals surface area (Å²) in [7, 11) is 1.56. The van der Waals surface area contributed by atoms with E-state index in [0.29, 0.717) is 5.88 Å². The maximum atomic E-state index is 4.68. The molecule has 0 saturated carbocycles. The Labute approximate surface area is 41.3 Å². The molecule has 1 aromatic rings. The van der Waals surface area contributed by atoms with E-state index in [1.54, 1.807) is 13.3 Å². The third-order valence-electron chi connectivity index (χ3n) is 0.635. The second-order valence-corrected chi connectivity index (χ2v) is 1.05. The van der Waals surface area contributed by atoms with Crippen LogP contribution in [0, 0.1) is 6.33 Å². The van der Waals surface area contributed by atoms with Crippen LogP contribution in [0.3, 0.4) is 0 Å². The molecule has 0 saturated heterocycles. The third-order valence-corrected chi connectivity index (χ3v) is 0.635. The predicted molar refractivity (Wildman–Crippen MR) is 24.0 cm³/mol. The van der Waals surface area contributed by atoms with Crippen molar-refractivity contribution in [2.45, 2.75) is 0 Å². The van der Waals surface area contributed by atoms with Crippen LogP contribution in [-0.4, -0.2) is 17.1 Å². The average molecular weight is 97.1 g/mol. The molecule has 0 aliphatic carbocycles. The molecule has 0 unspecified atom stereocenters. The van der Waals surface area contributed by atoms with Crippen molar-refractivity contribution in [3.8, 4) is 5.88 Å². The smallest absolute Gasteiger partial charge is 0.231 e. The van der Waals surface area contributed by atoms with Crippen molar-refractivity contribution in [2.24, 2.45) is 0 Å². The number of nitrogens with zero attached hydrogens (tertiary/aromatic N) is 1. The molecule has 0 bridgehead atoms. The van der Waals surface area contributed by atoms with E-state index in [4.69, 9.17) is 0 Å². The highest BCUT2D eigenvalue weighted by Crippen LogP contribution is 1.96. The molecular weight excluding hydrogens is 92.1 g/mol. The molecular formula is C4H5N2O. The van der Waals surface area contributed by atoms with E-state index in [9.17, 15) is 0 Å². The molecule has 1 radical (unpaired) electrons. The topological polar surface area (TPSA) is 37.9 Å². The number of hydrogen-bond acceptors (Lipinski definition) is 2. The number of imidazole rings is 1. The standard InChI is InChI=1S/C4H5N2O/c1-7-4-2-5-3-6-4/h2H,1H3,(H,5,6). The van der Waals surface area contributed by atoms with Crippen LogP contribution in [0.5, 0.6) is 5.88 Å². The van der Waals surface area contributed by atoms with Crippen LogP contribution >= 0.6 is 0 Å². The molecule has 0 aliphatic rings. The van der Waals surface area contributed by atoms with Crippen molar-refractivity contribution >= 4 is 0 Å². The maximum Gasteiger partial charge on any atom is 0.231 e. The van der Waals surface area contributed by atoms with Gasteiger partial charge in [0.25, 0.3) is 0 Å². The molecule has 1 rings (SSSR count). The van der Waals surface area contributed by atoms with Gasteiger partial charge in [-0.1, -0.05) is 0 Å². The third kappa shape index (κ3) is 0.707. The predicted octanol–water partition coefficient (Wildman–Crippen LogP) is 0.218. The van der Waals surface area contributed by atoms with Crippen molar-refractivity contribution in [2.75, 3.05) is 7.11 Å². The molecule has 0 amide bonds. The maximum absolute atomic E-state index is 4.68. The van der Waals surface area contributed by atoms with Crippen LogP contribution in [0.1, 0.15) is 0 Å². The lowest BCUT2D eigenvalue weighted by atomic mass is 10.9. The van der Waals surface area contributed by atoms with Gasteiger partial charge in [0.2, 0.25) is 5.88 Å². The molecule has 1 N–H and O–H groups in total. The lowest BCUT2D eigenvalue weighted by molar-refractivity contribution is 0.400. The summed E-state index contributed by atoms with van der Waals surface area (Å²) in [6.45, 7) is 0. The Bertz CT molecular complexity index is 124. The molecule has 1 heterocycles. The van der Waals surface area contributed by atoms with E-state index < -0.39 is 0 Å². The van der Waals surface area contributed by atoms with E-state index in [1.807, 2.05) is 0 Å². The van der Waals surface area contributed by atoms with Crippen LogP contribution < -0.4 is 4.74 Å². The Kier molecular flexibility index (Phi) is 0.978. The molecule has 0 spiro atoms.